The van der Waals surface area contributed by atoms with Crippen LogP contribution < -0.4 is 17.2 Å². The Labute approximate surface area is 255 Å². The molecule has 0 aromatic heterocycles. The lowest BCUT2D eigenvalue weighted by atomic mass is 10.1. The van der Waals surface area contributed by atoms with Crippen LogP contribution in [-0.2, 0) is 14.4 Å². The molecule has 6 N–H and O–H groups in total. The summed E-state index contributed by atoms with van der Waals surface area (Å²) in [6, 6.07) is 0. The summed E-state index contributed by atoms with van der Waals surface area (Å²) in [5, 5.41) is 0. The Kier molecular flexibility index (Phi) is 48.2. The lowest BCUT2D eigenvalue weighted by Gasteiger charge is -1.99. The average Bonchev–Trinajstić information content (AvgIpc) is 2.89. The topological polar surface area (TPSA) is 129 Å². The second-order valence-corrected chi connectivity index (χ2v) is 11.1. The van der Waals surface area contributed by atoms with Gasteiger partial charge in [0.25, 0.3) is 0 Å². The highest BCUT2D eigenvalue weighted by Crippen LogP contribution is 2.11. The van der Waals surface area contributed by atoms with Crippen molar-refractivity contribution in [1.29, 1.82) is 0 Å². The van der Waals surface area contributed by atoms with Gasteiger partial charge in [-0.25, -0.2) is 0 Å². The minimum atomic E-state index is -0.161. The molecule has 0 atom stereocenters. The molecule has 3 amide bonds. The van der Waals surface area contributed by atoms with Crippen molar-refractivity contribution >= 4 is 30.1 Å². The van der Waals surface area contributed by atoms with E-state index in [-0.39, 0.29) is 30.1 Å². The Morgan fingerprint density at radius 2 is 0.475 bits per heavy atom. The van der Waals surface area contributed by atoms with Gasteiger partial charge in [0.1, 0.15) is 0 Å². The summed E-state index contributed by atoms with van der Waals surface area (Å²) in [5.41, 5.74) is 15.1. The second kappa shape index (κ2) is 42.2. The SMILES string of the molecule is CCCCCCCCCCC(N)=O.CCCCCCCCCCC(N)=O.CCCCCCCCCCC(N)=O.Cl. The summed E-state index contributed by atoms with van der Waals surface area (Å²) in [6.07, 6.45) is 32.0. The maximum atomic E-state index is 10.4. The third kappa shape index (κ3) is 56.8. The number of primary amides is 3. The van der Waals surface area contributed by atoms with Gasteiger partial charge in [0.2, 0.25) is 17.7 Å². The summed E-state index contributed by atoms with van der Waals surface area (Å²) >= 11 is 0. The number of hydrogen-bond donors (Lipinski definition) is 3. The van der Waals surface area contributed by atoms with E-state index in [1.807, 2.05) is 0 Å². The van der Waals surface area contributed by atoms with E-state index in [4.69, 9.17) is 17.2 Å². The van der Waals surface area contributed by atoms with Gasteiger partial charge >= 0.3 is 0 Å². The zero-order chi connectivity index (χ0) is 29.8. The maximum absolute atomic E-state index is 10.4. The second-order valence-electron chi connectivity index (χ2n) is 11.1. The molecule has 0 aliphatic rings. The number of nitrogens with two attached hydrogens (primary N) is 3. The van der Waals surface area contributed by atoms with Gasteiger partial charge in [-0.05, 0) is 19.3 Å². The van der Waals surface area contributed by atoms with E-state index < -0.39 is 0 Å². The number of unbranched alkanes of at least 4 members (excludes halogenated alkanes) is 21. The molecule has 0 aromatic rings. The van der Waals surface area contributed by atoms with E-state index in [1.165, 1.54) is 116 Å². The molecule has 6 nitrogen and oxygen atoms in total. The Morgan fingerprint density at radius 3 is 0.625 bits per heavy atom. The highest BCUT2D eigenvalue weighted by atomic mass is 35.5. The van der Waals surface area contributed by atoms with Crippen LogP contribution in [0.25, 0.3) is 0 Å². The molecule has 0 heterocycles. The molecule has 7 heteroatoms. The van der Waals surface area contributed by atoms with Crippen LogP contribution in [0, 0.1) is 0 Å². The molecular formula is C33H70ClN3O3. The van der Waals surface area contributed by atoms with E-state index in [1.54, 1.807) is 0 Å². The van der Waals surface area contributed by atoms with Gasteiger partial charge in [-0.2, -0.15) is 0 Å². The molecule has 0 aromatic carbocycles. The Morgan fingerprint density at radius 1 is 0.325 bits per heavy atom. The molecule has 0 fully saturated rings. The van der Waals surface area contributed by atoms with Crippen molar-refractivity contribution in [2.45, 2.75) is 194 Å². The van der Waals surface area contributed by atoms with Gasteiger partial charge in [0.05, 0.1) is 0 Å². The van der Waals surface area contributed by atoms with E-state index in [0.29, 0.717) is 19.3 Å². The Hall–Kier alpha value is -1.30. The molecular weight excluding hydrogens is 522 g/mol. The van der Waals surface area contributed by atoms with E-state index >= 15 is 0 Å². The third-order valence-corrected chi connectivity index (χ3v) is 6.83. The number of hydrogen-bond acceptors (Lipinski definition) is 3. The molecule has 0 radical (unpaired) electrons. The van der Waals surface area contributed by atoms with Crippen molar-refractivity contribution in [2.75, 3.05) is 0 Å². The lowest BCUT2D eigenvalue weighted by molar-refractivity contribution is -0.119. The van der Waals surface area contributed by atoms with Crippen molar-refractivity contribution in [1.82, 2.24) is 0 Å². The standard InChI is InChI=1S/3C11H23NO.ClH/c3*1-2-3-4-5-6-7-8-9-10-11(12)13;/h3*2-10H2,1H3,(H2,12,13);1H. The minimum Gasteiger partial charge on any atom is -0.370 e. The number of amides is 3. The van der Waals surface area contributed by atoms with Crippen LogP contribution in [0.15, 0.2) is 0 Å². The molecule has 0 saturated carbocycles. The summed E-state index contributed by atoms with van der Waals surface area (Å²) in [4.78, 5) is 31.2. The van der Waals surface area contributed by atoms with Gasteiger partial charge in [0.15, 0.2) is 0 Å². The molecule has 0 spiro atoms. The highest BCUT2D eigenvalue weighted by Gasteiger charge is 1.96. The largest absolute Gasteiger partial charge is 0.370 e. The predicted molar refractivity (Wildman–Crippen MR) is 177 cm³/mol. The van der Waals surface area contributed by atoms with Gasteiger partial charge in [-0.15, -0.1) is 12.4 Å². The molecule has 0 unspecified atom stereocenters. The van der Waals surface area contributed by atoms with Crippen LogP contribution in [0.5, 0.6) is 0 Å². The smallest absolute Gasteiger partial charge is 0.217 e. The molecule has 242 valence electrons. The average molecular weight is 592 g/mol. The zero-order valence-electron chi connectivity index (χ0n) is 27.0. The van der Waals surface area contributed by atoms with Gasteiger partial charge in [-0.3, -0.25) is 14.4 Å². The van der Waals surface area contributed by atoms with Crippen LogP contribution in [0.1, 0.15) is 194 Å². The minimum absolute atomic E-state index is 0. The zero-order valence-corrected chi connectivity index (χ0v) is 27.8. The van der Waals surface area contributed by atoms with Crippen molar-refractivity contribution in [3.8, 4) is 0 Å². The van der Waals surface area contributed by atoms with Crippen LogP contribution in [0.2, 0.25) is 0 Å². The van der Waals surface area contributed by atoms with Crippen LogP contribution in [0.3, 0.4) is 0 Å². The molecule has 0 aliphatic carbocycles. The first-order chi connectivity index (χ1) is 18.8. The molecule has 0 aliphatic heterocycles. The monoisotopic (exact) mass is 592 g/mol. The molecule has 40 heavy (non-hydrogen) atoms. The van der Waals surface area contributed by atoms with Crippen molar-refractivity contribution in [3.05, 3.63) is 0 Å². The lowest BCUT2D eigenvalue weighted by Crippen LogP contribution is -2.09. The fourth-order valence-corrected chi connectivity index (χ4v) is 4.30. The third-order valence-electron chi connectivity index (χ3n) is 6.83. The molecule has 0 bridgehead atoms. The quantitative estimate of drug-likeness (QED) is 0.0822. The highest BCUT2D eigenvalue weighted by molar-refractivity contribution is 5.85. The molecule has 0 rings (SSSR count). The number of carbonyl (C=O) groups excluding carboxylic acids is 3. The first-order valence-corrected chi connectivity index (χ1v) is 16.7. The fourth-order valence-electron chi connectivity index (χ4n) is 4.30. The van der Waals surface area contributed by atoms with E-state index in [9.17, 15) is 14.4 Å². The van der Waals surface area contributed by atoms with Gasteiger partial charge in [0, 0.05) is 19.3 Å². The number of carbonyl (C=O) groups is 3. The van der Waals surface area contributed by atoms with Crippen LogP contribution >= 0.6 is 12.4 Å². The van der Waals surface area contributed by atoms with E-state index in [2.05, 4.69) is 20.8 Å². The maximum Gasteiger partial charge on any atom is 0.217 e. The van der Waals surface area contributed by atoms with Crippen molar-refractivity contribution in [2.24, 2.45) is 17.2 Å². The summed E-state index contributed by atoms with van der Waals surface area (Å²) in [5.74, 6) is -0.483. The van der Waals surface area contributed by atoms with Crippen LogP contribution in [0.4, 0.5) is 0 Å². The first kappa shape index (κ1) is 45.7. The summed E-state index contributed by atoms with van der Waals surface area (Å²) in [7, 11) is 0. The van der Waals surface area contributed by atoms with Crippen molar-refractivity contribution in [3.63, 3.8) is 0 Å². The Bertz CT molecular complexity index is 448. The van der Waals surface area contributed by atoms with Crippen LogP contribution in [-0.4, -0.2) is 17.7 Å². The summed E-state index contributed by atoms with van der Waals surface area (Å²) < 4.78 is 0. The summed E-state index contributed by atoms with van der Waals surface area (Å²) in [6.45, 7) is 6.69. The van der Waals surface area contributed by atoms with E-state index in [0.717, 1.165) is 38.5 Å². The van der Waals surface area contributed by atoms with Gasteiger partial charge in [-0.1, -0.05) is 156 Å². The van der Waals surface area contributed by atoms with Crippen molar-refractivity contribution < 1.29 is 14.4 Å². The Balaban J connectivity index is -0.000000240. The van der Waals surface area contributed by atoms with Gasteiger partial charge < -0.3 is 17.2 Å². The normalized spacial score (nSPS) is 9.97. The number of rotatable bonds is 27. The first-order valence-electron chi connectivity index (χ1n) is 16.7. The number of halogens is 1. The fraction of sp³-hybridized carbons (Fsp3) is 0.909. The predicted octanol–water partition coefficient (Wildman–Crippen LogP) is 9.43. The molecule has 0 saturated heterocycles.